The summed E-state index contributed by atoms with van der Waals surface area (Å²) in [5.74, 6) is 3.17. The van der Waals surface area contributed by atoms with Crippen molar-refractivity contribution < 1.29 is 9.84 Å². The number of β-amino-alcohol motifs (C(OH)–C–C–N with tert-alkyl or cyclic N) is 1. The zero-order valence-corrected chi connectivity index (χ0v) is 11.7. The van der Waals surface area contributed by atoms with Crippen LogP contribution in [0.5, 0.6) is 5.75 Å². The molecule has 1 saturated heterocycles. The van der Waals surface area contributed by atoms with Gasteiger partial charge in [0.15, 0.2) is 0 Å². The quantitative estimate of drug-likeness (QED) is 0.881. The van der Waals surface area contributed by atoms with Crippen molar-refractivity contribution in [1.82, 2.24) is 4.90 Å². The number of benzene rings is 1. The first kappa shape index (κ1) is 13.7. The average Bonchev–Trinajstić information content (AvgIpc) is 2.39. The van der Waals surface area contributed by atoms with Gasteiger partial charge in [0.1, 0.15) is 18.5 Å². The lowest BCUT2D eigenvalue weighted by molar-refractivity contribution is 0.0715. The highest BCUT2D eigenvalue weighted by Crippen LogP contribution is 2.13. The van der Waals surface area contributed by atoms with Gasteiger partial charge in [-0.05, 0) is 19.1 Å². The number of ether oxygens (including phenoxy) is 1. The molecular weight excluding hydrogens is 246 g/mol. The Bertz CT molecular complexity index is 349. The summed E-state index contributed by atoms with van der Waals surface area (Å²) in [6.45, 7) is 5.28. The van der Waals surface area contributed by atoms with Crippen molar-refractivity contribution in [3.63, 3.8) is 0 Å². The molecule has 0 radical (unpaired) electrons. The highest BCUT2D eigenvalue weighted by atomic mass is 32.2. The summed E-state index contributed by atoms with van der Waals surface area (Å²) < 4.78 is 5.58. The Morgan fingerprint density at radius 3 is 2.61 bits per heavy atom. The fourth-order valence-electron chi connectivity index (χ4n) is 1.96. The Kier molecular flexibility index (Phi) is 5.35. The van der Waals surface area contributed by atoms with Crippen molar-refractivity contribution >= 4 is 11.8 Å². The van der Waals surface area contributed by atoms with Gasteiger partial charge in [0, 0.05) is 31.1 Å². The molecule has 1 atom stereocenters. The summed E-state index contributed by atoms with van der Waals surface area (Å²) in [5.41, 5.74) is 1.22. The van der Waals surface area contributed by atoms with Gasteiger partial charge in [-0.3, -0.25) is 4.90 Å². The summed E-state index contributed by atoms with van der Waals surface area (Å²) in [5, 5.41) is 9.94. The van der Waals surface area contributed by atoms with E-state index in [0.29, 0.717) is 13.2 Å². The van der Waals surface area contributed by atoms with E-state index in [1.54, 1.807) is 0 Å². The molecule has 100 valence electrons. The van der Waals surface area contributed by atoms with E-state index in [1.165, 1.54) is 17.1 Å². The van der Waals surface area contributed by atoms with Crippen LogP contribution in [0.25, 0.3) is 0 Å². The molecule has 1 aliphatic rings. The van der Waals surface area contributed by atoms with E-state index in [2.05, 4.69) is 4.90 Å². The van der Waals surface area contributed by atoms with Crippen molar-refractivity contribution in [3.8, 4) is 5.75 Å². The van der Waals surface area contributed by atoms with Gasteiger partial charge >= 0.3 is 0 Å². The number of nitrogens with zero attached hydrogens (tertiary/aromatic N) is 1. The molecule has 3 nitrogen and oxygen atoms in total. The van der Waals surface area contributed by atoms with Crippen LogP contribution in [0, 0.1) is 6.92 Å². The predicted octanol–water partition coefficient (Wildman–Crippen LogP) is 1.78. The summed E-state index contributed by atoms with van der Waals surface area (Å²) in [7, 11) is 0. The predicted molar refractivity (Wildman–Crippen MR) is 76.4 cm³/mol. The molecule has 1 heterocycles. The first-order chi connectivity index (χ1) is 8.74. The molecule has 0 bridgehead atoms. The number of rotatable bonds is 5. The minimum Gasteiger partial charge on any atom is -0.491 e. The van der Waals surface area contributed by atoms with Gasteiger partial charge in [-0.2, -0.15) is 11.8 Å². The van der Waals surface area contributed by atoms with Crippen LogP contribution >= 0.6 is 11.8 Å². The zero-order valence-electron chi connectivity index (χ0n) is 10.8. The lowest BCUT2D eigenvalue weighted by Gasteiger charge is -2.28. The molecule has 4 heteroatoms. The molecule has 2 rings (SSSR count). The molecule has 1 unspecified atom stereocenters. The average molecular weight is 267 g/mol. The lowest BCUT2D eigenvalue weighted by atomic mass is 10.2. The monoisotopic (exact) mass is 267 g/mol. The van der Waals surface area contributed by atoms with Crippen molar-refractivity contribution in [3.05, 3.63) is 29.8 Å². The van der Waals surface area contributed by atoms with Crippen LogP contribution in [0.1, 0.15) is 5.56 Å². The Labute approximate surface area is 113 Å². The van der Waals surface area contributed by atoms with Gasteiger partial charge < -0.3 is 9.84 Å². The summed E-state index contributed by atoms with van der Waals surface area (Å²) in [6, 6.07) is 7.92. The van der Waals surface area contributed by atoms with Gasteiger partial charge in [0.25, 0.3) is 0 Å². The normalized spacial score (nSPS) is 18.6. The lowest BCUT2D eigenvalue weighted by Crippen LogP contribution is -2.40. The van der Waals surface area contributed by atoms with Gasteiger partial charge in [0.05, 0.1) is 0 Å². The maximum atomic E-state index is 9.94. The number of aliphatic hydroxyl groups is 1. The molecule has 1 N–H and O–H groups in total. The second-order valence-corrected chi connectivity index (χ2v) is 5.92. The molecule has 1 aromatic rings. The highest BCUT2D eigenvalue weighted by Gasteiger charge is 2.15. The van der Waals surface area contributed by atoms with Crippen LogP contribution in [-0.2, 0) is 0 Å². The molecule has 0 amide bonds. The molecule has 0 spiro atoms. The third-order valence-electron chi connectivity index (χ3n) is 3.04. The molecular formula is C14H21NO2S. The maximum absolute atomic E-state index is 9.94. The zero-order chi connectivity index (χ0) is 12.8. The number of hydrogen-bond donors (Lipinski definition) is 1. The Morgan fingerprint density at radius 1 is 1.28 bits per heavy atom. The van der Waals surface area contributed by atoms with Crippen LogP contribution in [0.15, 0.2) is 24.3 Å². The third kappa shape index (κ3) is 4.52. The number of thioether (sulfide) groups is 1. The van der Waals surface area contributed by atoms with Crippen LogP contribution in [0.2, 0.25) is 0 Å². The summed E-state index contributed by atoms with van der Waals surface area (Å²) in [6.07, 6.45) is -0.408. The third-order valence-corrected chi connectivity index (χ3v) is 3.98. The van der Waals surface area contributed by atoms with Gasteiger partial charge in [-0.25, -0.2) is 0 Å². The van der Waals surface area contributed by atoms with E-state index < -0.39 is 6.10 Å². The van der Waals surface area contributed by atoms with E-state index in [-0.39, 0.29) is 0 Å². The van der Waals surface area contributed by atoms with Crippen LogP contribution in [0.3, 0.4) is 0 Å². The molecule has 0 aromatic heterocycles. The number of hydrogen-bond acceptors (Lipinski definition) is 4. The fourth-order valence-corrected chi connectivity index (χ4v) is 2.94. The molecule has 1 fully saturated rings. The Hall–Kier alpha value is -0.710. The van der Waals surface area contributed by atoms with Crippen LogP contribution in [0.4, 0.5) is 0 Å². The van der Waals surface area contributed by atoms with Gasteiger partial charge in [-0.1, -0.05) is 17.7 Å². The minimum absolute atomic E-state index is 0.368. The molecule has 1 aliphatic heterocycles. The number of aliphatic hydroxyl groups excluding tert-OH is 1. The van der Waals surface area contributed by atoms with Crippen molar-refractivity contribution in [2.75, 3.05) is 37.7 Å². The molecule has 1 aromatic carbocycles. The second-order valence-electron chi connectivity index (χ2n) is 4.69. The Morgan fingerprint density at radius 2 is 1.94 bits per heavy atom. The Balaban J connectivity index is 1.70. The molecule has 18 heavy (non-hydrogen) atoms. The summed E-state index contributed by atoms with van der Waals surface area (Å²) in [4.78, 5) is 2.31. The van der Waals surface area contributed by atoms with Crippen LogP contribution in [-0.4, -0.2) is 53.9 Å². The van der Waals surface area contributed by atoms with E-state index in [1.807, 2.05) is 43.0 Å². The highest BCUT2D eigenvalue weighted by molar-refractivity contribution is 7.99. The van der Waals surface area contributed by atoms with E-state index in [4.69, 9.17) is 4.74 Å². The first-order valence-electron chi connectivity index (χ1n) is 6.41. The number of aryl methyl sites for hydroxylation is 1. The van der Waals surface area contributed by atoms with Crippen molar-refractivity contribution in [2.24, 2.45) is 0 Å². The van der Waals surface area contributed by atoms with E-state index in [9.17, 15) is 5.11 Å². The smallest absolute Gasteiger partial charge is 0.119 e. The van der Waals surface area contributed by atoms with E-state index in [0.717, 1.165) is 18.8 Å². The van der Waals surface area contributed by atoms with Crippen LogP contribution < -0.4 is 4.74 Å². The van der Waals surface area contributed by atoms with E-state index >= 15 is 0 Å². The standard InChI is InChI=1S/C14H21NO2S/c1-12-2-4-14(5-3-12)17-11-13(16)10-15-6-8-18-9-7-15/h2-5,13,16H,6-11H2,1H3. The SMILES string of the molecule is Cc1ccc(OCC(O)CN2CCSCC2)cc1. The van der Waals surface area contributed by atoms with Crippen molar-refractivity contribution in [2.45, 2.75) is 13.0 Å². The fraction of sp³-hybridized carbons (Fsp3) is 0.571. The summed E-state index contributed by atoms with van der Waals surface area (Å²) >= 11 is 1.98. The largest absolute Gasteiger partial charge is 0.491 e. The maximum Gasteiger partial charge on any atom is 0.119 e. The topological polar surface area (TPSA) is 32.7 Å². The van der Waals surface area contributed by atoms with Gasteiger partial charge in [0.2, 0.25) is 0 Å². The first-order valence-corrected chi connectivity index (χ1v) is 7.57. The second kappa shape index (κ2) is 7.02. The van der Waals surface area contributed by atoms with Gasteiger partial charge in [-0.15, -0.1) is 0 Å². The molecule has 0 aliphatic carbocycles. The minimum atomic E-state index is -0.408. The van der Waals surface area contributed by atoms with Crippen molar-refractivity contribution in [1.29, 1.82) is 0 Å². The molecule has 0 saturated carbocycles.